The van der Waals surface area contributed by atoms with Crippen molar-refractivity contribution in [3.05, 3.63) is 34.6 Å². The van der Waals surface area contributed by atoms with Crippen molar-refractivity contribution in [2.45, 2.75) is 38.5 Å². The SMILES string of the molecule is CC(C)c1nc([C@@H]2CCCN(c3ncc(C(N)=O)cc3Cl)C2)no1. The van der Waals surface area contributed by atoms with E-state index < -0.39 is 5.91 Å². The third-order valence-electron chi connectivity index (χ3n) is 4.14. The third-order valence-corrected chi connectivity index (χ3v) is 4.42. The van der Waals surface area contributed by atoms with Gasteiger partial charge in [-0.3, -0.25) is 4.79 Å². The van der Waals surface area contributed by atoms with Gasteiger partial charge in [-0.2, -0.15) is 4.98 Å². The molecule has 2 N–H and O–H groups in total. The summed E-state index contributed by atoms with van der Waals surface area (Å²) in [5, 5.41) is 4.54. The number of nitrogens with two attached hydrogens (primary N) is 1. The molecule has 3 heterocycles. The molecule has 1 fully saturated rings. The lowest BCUT2D eigenvalue weighted by Crippen LogP contribution is -2.35. The van der Waals surface area contributed by atoms with Crippen LogP contribution in [0.15, 0.2) is 16.8 Å². The second kappa shape index (κ2) is 6.76. The summed E-state index contributed by atoms with van der Waals surface area (Å²) < 4.78 is 5.31. The summed E-state index contributed by atoms with van der Waals surface area (Å²) in [6.45, 7) is 5.59. The van der Waals surface area contributed by atoms with E-state index in [0.29, 0.717) is 28.8 Å². The van der Waals surface area contributed by atoms with E-state index in [0.717, 1.165) is 25.2 Å². The lowest BCUT2D eigenvalue weighted by molar-refractivity contribution is 0.1000. The van der Waals surface area contributed by atoms with Crippen molar-refractivity contribution in [3.63, 3.8) is 0 Å². The average molecular weight is 350 g/mol. The van der Waals surface area contributed by atoms with E-state index in [1.54, 1.807) is 6.07 Å². The zero-order valence-electron chi connectivity index (χ0n) is 13.7. The van der Waals surface area contributed by atoms with Crippen LogP contribution < -0.4 is 10.6 Å². The molecular weight excluding hydrogens is 330 g/mol. The lowest BCUT2D eigenvalue weighted by Gasteiger charge is -2.32. The number of halogens is 1. The van der Waals surface area contributed by atoms with Crippen molar-refractivity contribution in [3.8, 4) is 0 Å². The first-order chi connectivity index (χ1) is 11.5. The fourth-order valence-electron chi connectivity index (χ4n) is 2.83. The average Bonchev–Trinajstić information content (AvgIpc) is 3.05. The first-order valence-corrected chi connectivity index (χ1v) is 8.37. The minimum absolute atomic E-state index is 0.170. The number of aromatic nitrogens is 3. The molecule has 24 heavy (non-hydrogen) atoms. The van der Waals surface area contributed by atoms with Crippen molar-refractivity contribution in [1.82, 2.24) is 15.1 Å². The zero-order valence-corrected chi connectivity index (χ0v) is 14.5. The molecule has 0 radical (unpaired) electrons. The second-order valence-corrected chi connectivity index (χ2v) is 6.73. The van der Waals surface area contributed by atoms with Crippen LogP contribution >= 0.6 is 11.6 Å². The van der Waals surface area contributed by atoms with Crippen molar-refractivity contribution >= 4 is 23.3 Å². The number of carbonyl (C=O) groups excluding carboxylic acids is 1. The Balaban J connectivity index is 1.79. The van der Waals surface area contributed by atoms with Crippen LogP contribution in [0.25, 0.3) is 0 Å². The highest BCUT2D eigenvalue weighted by Gasteiger charge is 2.27. The van der Waals surface area contributed by atoms with E-state index in [4.69, 9.17) is 21.9 Å². The number of piperidine rings is 1. The molecule has 0 aromatic carbocycles. The highest BCUT2D eigenvalue weighted by Crippen LogP contribution is 2.32. The molecule has 1 aliphatic rings. The number of carbonyl (C=O) groups is 1. The van der Waals surface area contributed by atoms with Gasteiger partial charge < -0.3 is 15.2 Å². The Morgan fingerprint density at radius 1 is 1.50 bits per heavy atom. The molecule has 8 heteroatoms. The number of rotatable bonds is 4. The van der Waals surface area contributed by atoms with Gasteiger partial charge in [-0.1, -0.05) is 30.6 Å². The van der Waals surface area contributed by atoms with Gasteiger partial charge in [0.15, 0.2) is 5.82 Å². The molecule has 2 aromatic rings. The Kier molecular flexibility index (Phi) is 4.71. The first kappa shape index (κ1) is 16.7. The number of nitrogens with zero attached hydrogens (tertiary/aromatic N) is 4. The van der Waals surface area contributed by atoms with Crippen LogP contribution in [0.3, 0.4) is 0 Å². The van der Waals surface area contributed by atoms with E-state index in [1.807, 2.05) is 13.8 Å². The molecule has 1 atom stereocenters. The minimum atomic E-state index is -0.541. The lowest BCUT2D eigenvalue weighted by atomic mass is 9.97. The number of amides is 1. The summed E-state index contributed by atoms with van der Waals surface area (Å²) in [5.41, 5.74) is 5.56. The first-order valence-electron chi connectivity index (χ1n) is 7.99. The topological polar surface area (TPSA) is 98.1 Å². The number of pyridine rings is 1. The predicted octanol–water partition coefficient (Wildman–Crippen LogP) is 2.72. The van der Waals surface area contributed by atoms with Crippen molar-refractivity contribution in [2.24, 2.45) is 5.73 Å². The maximum atomic E-state index is 11.2. The van der Waals surface area contributed by atoms with Gasteiger partial charge >= 0.3 is 0 Å². The van der Waals surface area contributed by atoms with Crippen LogP contribution in [0.2, 0.25) is 5.02 Å². The molecule has 0 saturated carbocycles. The molecule has 3 rings (SSSR count). The second-order valence-electron chi connectivity index (χ2n) is 6.32. The fraction of sp³-hybridized carbons (Fsp3) is 0.500. The molecule has 2 aromatic heterocycles. The van der Waals surface area contributed by atoms with Crippen LogP contribution in [0.5, 0.6) is 0 Å². The zero-order chi connectivity index (χ0) is 17.3. The standard InChI is InChI=1S/C16H20ClN5O2/c1-9(2)16-20-14(21-24-16)10-4-3-5-22(8-10)15-12(17)6-11(7-19-15)13(18)23/h6-7,9-10H,3-5,8H2,1-2H3,(H2,18,23)/t10-/m1/s1. The van der Waals surface area contributed by atoms with Crippen molar-refractivity contribution in [2.75, 3.05) is 18.0 Å². The molecular formula is C16H20ClN5O2. The smallest absolute Gasteiger partial charge is 0.250 e. The van der Waals surface area contributed by atoms with Crippen LogP contribution in [-0.2, 0) is 0 Å². The number of anilines is 1. The number of hydrogen-bond donors (Lipinski definition) is 1. The van der Waals surface area contributed by atoms with Gasteiger partial charge in [0.1, 0.15) is 5.82 Å². The van der Waals surface area contributed by atoms with E-state index in [1.165, 1.54) is 6.20 Å². The Labute approximate surface area is 145 Å². The normalized spacial score (nSPS) is 18.2. The molecule has 1 aliphatic heterocycles. The molecule has 128 valence electrons. The molecule has 1 amide bonds. The van der Waals surface area contributed by atoms with Crippen molar-refractivity contribution < 1.29 is 9.32 Å². The maximum absolute atomic E-state index is 11.2. The van der Waals surface area contributed by atoms with Crippen LogP contribution in [0, 0.1) is 0 Å². The highest BCUT2D eigenvalue weighted by atomic mass is 35.5. The van der Waals surface area contributed by atoms with E-state index >= 15 is 0 Å². The quantitative estimate of drug-likeness (QED) is 0.911. The van der Waals surface area contributed by atoms with Gasteiger partial charge in [-0.25, -0.2) is 4.98 Å². The number of hydrogen-bond acceptors (Lipinski definition) is 6. The highest BCUT2D eigenvalue weighted by molar-refractivity contribution is 6.33. The molecule has 0 aliphatic carbocycles. The Morgan fingerprint density at radius 3 is 2.92 bits per heavy atom. The van der Waals surface area contributed by atoms with E-state index in [2.05, 4.69) is 20.0 Å². The molecule has 0 spiro atoms. The Hall–Kier alpha value is -2.15. The van der Waals surface area contributed by atoms with Gasteiger partial charge in [0.2, 0.25) is 11.8 Å². The number of primary amides is 1. The Morgan fingerprint density at radius 2 is 2.29 bits per heavy atom. The summed E-state index contributed by atoms with van der Waals surface area (Å²) >= 11 is 6.28. The summed E-state index contributed by atoms with van der Waals surface area (Å²) in [4.78, 5) is 22.1. The monoisotopic (exact) mass is 349 g/mol. The minimum Gasteiger partial charge on any atom is -0.366 e. The largest absolute Gasteiger partial charge is 0.366 e. The van der Waals surface area contributed by atoms with Gasteiger partial charge in [-0.05, 0) is 18.9 Å². The summed E-state index contributed by atoms with van der Waals surface area (Å²) in [5.74, 6) is 1.88. The van der Waals surface area contributed by atoms with Crippen LogP contribution in [0.4, 0.5) is 5.82 Å². The van der Waals surface area contributed by atoms with E-state index in [9.17, 15) is 4.79 Å². The molecule has 0 unspecified atom stereocenters. The van der Waals surface area contributed by atoms with Gasteiger partial charge in [0.25, 0.3) is 0 Å². The predicted molar refractivity (Wildman–Crippen MR) is 90.3 cm³/mol. The van der Waals surface area contributed by atoms with Crippen LogP contribution in [-0.4, -0.2) is 34.1 Å². The fourth-order valence-corrected chi connectivity index (χ4v) is 3.11. The molecule has 1 saturated heterocycles. The van der Waals surface area contributed by atoms with Crippen molar-refractivity contribution in [1.29, 1.82) is 0 Å². The van der Waals surface area contributed by atoms with E-state index in [-0.39, 0.29) is 11.8 Å². The summed E-state index contributed by atoms with van der Waals surface area (Å²) in [6.07, 6.45) is 3.43. The summed E-state index contributed by atoms with van der Waals surface area (Å²) in [6, 6.07) is 1.56. The van der Waals surface area contributed by atoms with Gasteiger partial charge in [-0.15, -0.1) is 0 Å². The summed E-state index contributed by atoms with van der Waals surface area (Å²) in [7, 11) is 0. The van der Waals surface area contributed by atoms with Gasteiger partial charge in [0, 0.05) is 31.1 Å². The van der Waals surface area contributed by atoms with Crippen LogP contribution in [0.1, 0.15) is 60.6 Å². The third kappa shape index (κ3) is 3.36. The maximum Gasteiger partial charge on any atom is 0.250 e. The molecule has 0 bridgehead atoms. The Bertz CT molecular complexity index is 746. The molecule has 7 nitrogen and oxygen atoms in total. The van der Waals surface area contributed by atoms with Gasteiger partial charge in [0.05, 0.1) is 10.6 Å².